The molecule has 1 aliphatic heterocycles. The zero-order valence-electron chi connectivity index (χ0n) is 13.9. The van der Waals surface area contributed by atoms with Crippen LogP contribution in [0, 0.1) is 0 Å². The van der Waals surface area contributed by atoms with Crippen LogP contribution in [0.3, 0.4) is 0 Å². The molecule has 0 aromatic heterocycles. The minimum Gasteiger partial charge on any atom is -0.379 e. The van der Waals surface area contributed by atoms with Gasteiger partial charge in [0, 0.05) is 23.7 Å². The monoisotopic (exact) mass is 324 g/mol. The molecule has 1 saturated carbocycles. The number of halogens is 1. The number of hydrogen-bond donors (Lipinski definition) is 1. The maximum Gasteiger partial charge on any atom is 0.0591 e. The van der Waals surface area contributed by atoms with Gasteiger partial charge in [-0.3, -0.25) is 4.90 Å². The lowest BCUT2D eigenvalue weighted by atomic mass is 9.76. The Hall–Kier alpha value is -0.610. The summed E-state index contributed by atoms with van der Waals surface area (Å²) < 4.78 is 5.01. The van der Waals surface area contributed by atoms with E-state index in [-0.39, 0.29) is 5.54 Å². The van der Waals surface area contributed by atoms with Crippen molar-refractivity contribution in [3.05, 3.63) is 34.9 Å². The minimum atomic E-state index is 0.239. The van der Waals surface area contributed by atoms with Gasteiger partial charge in [-0.1, -0.05) is 43.0 Å². The van der Waals surface area contributed by atoms with Crippen LogP contribution in [-0.4, -0.2) is 45.3 Å². The van der Waals surface area contributed by atoms with Crippen LogP contribution in [0.5, 0.6) is 0 Å². The molecule has 0 radical (unpaired) electrons. The van der Waals surface area contributed by atoms with Crippen molar-refractivity contribution in [3.8, 4) is 0 Å². The van der Waals surface area contributed by atoms with Gasteiger partial charge in [0.1, 0.15) is 0 Å². The van der Waals surface area contributed by atoms with Gasteiger partial charge in [-0.15, -0.1) is 0 Å². The van der Waals surface area contributed by atoms with Crippen LogP contribution >= 0.6 is 11.6 Å². The molecule has 1 aliphatic carbocycles. The van der Waals surface area contributed by atoms with E-state index in [9.17, 15) is 0 Å². The van der Waals surface area contributed by atoms with Crippen LogP contribution < -0.4 is 5.32 Å². The molecule has 1 saturated heterocycles. The van der Waals surface area contributed by atoms with E-state index in [4.69, 9.17) is 16.3 Å². The van der Waals surface area contributed by atoms with Gasteiger partial charge in [-0.05, 0) is 44.6 Å². The Morgan fingerprint density at radius 2 is 1.59 bits per heavy atom. The number of nitrogens with one attached hydrogen (secondary N) is 1. The molecule has 4 heteroatoms. The highest BCUT2D eigenvalue weighted by molar-refractivity contribution is 6.30. The lowest BCUT2D eigenvalue weighted by Crippen LogP contribution is -2.42. The summed E-state index contributed by atoms with van der Waals surface area (Å²) in [6.45, 7) is 3.83. The molecule has 22 heavy (non-hydrogen) atoms. The maximum absolute atomic E-state index is 5.96. The summed E-state index contributed by atoms with van der Waals surface area (Å²) in [6.07, 6.45) is 6.58. The van der Waals surface area contributed by atoms with E-state index < -0.39 is 0 Å². The fourth-order valence-corrected chi connectivity index (χ4v) is 3.53. The van der Waals surface area contributed by atoms with Crippen molar-refractivity contribution < 1.29 is 4.74 Å². The third-order valence-electron chi connectivity index (χ3n) is 4.76. The first kappa shape index (κ1) is 17.7. The smallest absolute Gasteiger partial charge is 0.0591 e. The van der Waals surface area contributed by atoms with Crippen LogP contribution in [-0.2, 0) is 10.3 Å². The second-order valence-electron chi connectivity index (χ2n) is 6.36. The zero-order chi connectivity index (χ0) is 15.8. The summed E-state index contributed by atoms with van der Waals surface area (Å²) in [7, 11) is 4.39. The SMILES string of the molecule is C1COCCN1.CN(C)C1(c2ccc(Cl)cc2)CCCCC1. The van der Waals surface area contributed by atoms with Crippen LogP contribution in [0.4, 0.5) is 0 Å². The van der Waals surface area contributed by atoms with Gasteiger partial charge in [-0.25, -0.2) is 0 Å². The first-order valence-corrected chi connectivity index (χ1v) is 8.75. The second-order valence-corrected chi connectivity index (χ2v) is 6.79. The molecule has 2 fully saturated rings. The second kappa shape index (κ2) is 8.88. The fraction of sp³-hybridized carbons (Fsp3) is 0.667. The molecule has 2 aliphatic rings. The Bertz CT molecular complexity index is 412. The van der Waals surface area contributed by atoms with E-state index in [1.807, 2.05) is 12.1 Å². The molecule has 3 rings (SSSR count). The van der Waals surface area contributed by atoms with Crippen LogP contribution in [0.15, 0.2) is 24.3 Å². The van der Waals surface area contributed by atoms with E-state index in [1.54, 1.807) is 0 Å². The molecule has 0 amide bonds. The molecule has 0 spiro atoms. The number of nitrogens with zero attached hydrogens (tertiary/aromatic N) is 1. The zero-order valence-corrected chi connectivity index (χ0v) is 14.7. The largest absolute Gasteiger partial charge is 0.379 e. The normalized spacial score (nSPS) is 21.1. The lowest BCUT2D eigenvalue weighted by molar-refractivity contribution is 0.0989. The fourth-order valence-electron chi connectivity index (χ4n) is 3.41. The average Bonchev–Trinajstić information content (AvgIpc) is 2.58. The minimum absolute atomic E-state index is 0.239. The van der Waals surface area contributed by atoms with Crippen LogP contribution in [0.2, 0.25) is 5.02 Å². The molecule has 124 valence electrons. The molecule has 0 bridgehead atoms. The summed E-state index contributed by atoms with van der Waals surface area (Å²) in [5.41, 5.74) is 1.66. The Morgan fingerprint density at radius 3 is 2.00 bits per heavy atom. The van der Waals surface area contributed by atoms with E-state index in [0.29, 0.717) is 0 Å². The molecule has 1 heterocycles. The Kier molecular flexibility index (Phi) is 7.16. The quantitative estimate of drug-likeness (QED) is 0.898. The predicted molar refractivity (Wildman–Crippen MR) is 93.6 cm³/mol. The van der Waals surface area contributed by atoms with E-state index in [1.165, 1.54) is 37.7 Å². The third kappa shape index (κ3) is 4.69. The Labute approximate surface area is 140 Å². The summed E-state index contributed by atoms with van der Waals surface area (Å²) >= 11 is 5.96. The average molecular weight is 325 g/mol. The van der Waals surface area contributed by atoms with Crippen molar-refractivity contribution in [3.63, 3.8) is 0 Å². The standard InChI is InChI=1S/C14H20ClN.C4H9NO/c1-16(2)14(10-4-3-5-11-14)12-6-8-13(15)9-7-12;1-3-6-4-2-5-1/h6-9H,3-5,10-11H2,1-2H3;5H,1-4H2. The number of rotatable bonds is 2. The molecular weight excluding hydrogens is 296 g/mol. The number of ether oxygens (including phenoxy) is 1. The molecular formula is C18H29ClN2O. The molecule has 3 nitrogen and oxygen atoms in total. The van der Waals surface area contributed by atoms with Crippen molar-refractivity contribution in [1.82, 2.24) is 10.2 Å². The maximum atomic E-state index is 5.96. The van der Waals surface area contributed by atoms with Gasteiger partial charge < -0.3 is 10.1 Å². The third-order valence-corrected chi connectivity index (χ3v) is 5.02. The predicted octanol–water partition coefficient (Wildman–Crippen LogP) is 3.67. The molecule has 0 atom stereocenters. The highest BCUT2D eigenvalue weighted by Crippen LogP contribution is 2.41. The summed E-state index contributed by atoms with van der Waals surface area (Å²) in [4.78, 5) is 2.38. The van der Waals surface area contributed by atoms with Crippen molar-refractivity contribution in [2.75, 3.05) is 40.4 Å². The highest BCUT2D eigenvalue weighted by Gasteiger charge is 2.35. The number of morpholine rings is 1. The van der Waals surface area contributed by atoms with Gasteiger partial charge in [0.25, 0.3) is 0 Å². The summed E-state index contributed by atoms with van der Waals surface area (Å²) in [5.74, 6) is 0. The van der Waals surface area contributed by atoms with Gasteiger partial charge in [0.2, 0.25) is 0 Å². The van der Waals surface area contributed by atoms with Gasteiger partial charge in [0.15, 0.2) is 0 Å². The van der Waals surface area contributed by atoms with Crippen molar-refractivity contribution in [2.45, 2.75) is 37.6 Å². The summed E-state index contributed by atoms with van der Waals surface area (Å²) in [6, 6.07) is 8.40. The number of hydrogen-bond acceptors (Lipinski definition) is 3. The van der Waals surface area contributed by atoms with Gasteiger partial charge in [0.05, 0.1) is 13.2 Å². The van der Waals surface area contributed by atoms with E-state index >= 15 is 0 Å². The molecule has 1 aromatic rings. The van der Waals surface area contributed by atoms with Crippen molar-refractivity contribution in [2.24, 2.45) is 0 Å². The molecule has 1 N–H and O–H groups in total. The Balaban J connectivity index is 0.000000246. The first-order valence-electron chi connectivity index (χ1n) is 8.37. The number of benzene rings is 1. The van der Waals surface area contributed by atoms with E-state index in [0.717, 1.165) is 31.3 Å². The van der Waals surface area contributed by atoms with Gasteiger partial charge in [-0.2, -0.15) is 0 Å². The van der Waals surface area contributed by atoms with Crippen molar-refractivity contribution in [1.29, 1.82) is 0 Å². The topological polar surface area (TPSA) is 24.5 Å². The van der Waals surface area contributed by atoms with E-state index in [2.05, 4.69) is 36.4 Å². The molecule has 1 aromatic carbocycles. The molecule has 0 unspecified atom stereocenters. The van der Waals surface area contributed by atoms with Crippen molar-refractivity contribution >= 4 is 11.6 Å². The summed E-state index contributed by atoms with van der Waals surface area (Å²) in [5, 5.41) is 3.99. The van der Waals surface area contributed by atoms with Crippen LogP contribution in [0.25, 0.3) is 0 Å². The Morgan fingerprint density at radius 1 is 1.00 bits per heavy atom. The van der Waals surface area contributed by atoms with Crippen LogP contribution in [0.1, 0.15) is 37.7 Å². The lowest BCUT2D eigenvalue weighted by Gasteiger charge is -2.43. The van der Waals surface area contributed by atoms with Gasteiger partial charge >= 0.3 is 0 Å². The first-order chi connectivity index (χ1) is 10.6. The highest BCUT2D eigenvalue weighted by atomic mass is 35.5.